The van der Waals surface area contributed by atoms with Crippen molar-refractivity contribution in [2.45, 2.75) is 43.9 Å². The molecule has 3 aliphatic rings. The van der Waals surface area contributed by atoms with Gasteiger partial charge in [0, 0.05) is 54.0 Å². The number of nitrogens with one attached hydrogen (secondary N) is 1. The molecule has 2 N–H and O–H groups in total. The van der Waals surface area contributed by atoms with Crippen LogP contribution in [0, 0.1) is 35.3 Å². The number of halogens is 5. The lowest BCUT2D eigenvalue weighted by molar-refractivity contribution is -0.177. The van der Waals surface area contributed by atoms with Crippen LogP contribution in [0.15, 0.2) is 24.3 Å². The number of methoxy groups -OCH3 is 1. The fourth-order valence-corrected chi connectivity index (χ4v) is 7.62. The summed E-state index contributed by atoms with van der Waals surface area (Å²) in [6, 6.07) is 4.03. The Morgan fingerprint density at radius 3 is 2.43 bits per heavy atom. The summed E-state index contributed by atoms with van der Waals surface area (Å²) in [5.74, 6) is -2.42. The number of benzene rings is 2. The first kappa shape index (κ1) is 34.6. The molecule has 4 aromatic rings. The van der Waals surface area contributed by atoms with Crippen LogP contribution in [0.3, 0.4) is 0 Å². The van der Waals surface area contributed by atoms with E-state index in [-0.39, 0.29) is 94.5 Å². The summed E-state index contributed by atoms with van der Waals surface area (Å²) in [6.07, 6.45) is 2.49. The maximum absolute atomic E-state index is 17.1. The summed E-state index contributed by atoms with van der Waals surface area (Å²) in [7, 11) is 5.23. The number of alkyl halides is 3. The number of hydrogen-bond acceptors (Lipinski definition) is 10. The topological polar surface area (TPSA) is 113 Å². The van der Waals surface area contributed by atoms with E-state index >= 15 is 4.39 Å². The summed E-state index contributed by atoms with van der Waals surface area (Å²) >= 11 is 0. The van der Waals surface area contributed by atoms with Crippen LogP contribution in [0.5, 0.6) is 17.6 Å². The van der Waals surface area contributed by atoms with Gasteiger partial charge >= 0.3 is 12.2 Å². The molecule has 51 heavy (non-hydrogen) atoms. The van der Waals surface area contributed by atoms with Crippen molar-refractivity contribution in [1.29, 1.82) is 0 Å². The van der Waals surface area contributed by atoms with E-state index in [1.165, 1.54) is 25.3 Å². The Hall–Kier alpha value is -4.81. The minimum absolute atomic E-state index is 0.00206. The maximum Gasteiger partial charge on any atom is 0.450 e. The van der Waals surface area contributed by atoms with Gasteiger partial charge in [-0.1, -0.05) is 12.0 Å². The quantitative estimate of drug-likeness (QED) is 0.177. The molecule has 4 heterocycles. The monoisotopic (exact) mass is 710 g/mol. The number of Topliss-reactive ketones (excluding diaryl/α,β-unsaturated/α-hetero) is 1. The van der Waals surface area contributed by atoms with E-state index in [1.54, 1.807) is 4.90 Å². The second-order valence-electron chi connectivity index (χ2n) is 14.0. The number of piperazine rings is 1. The van der Waals surface area contributed by atoms with Crippen molar-refractivity contribution in [2.75, 3.05) is 52.3 Å². The van der Waals surface area contributed by atoms with Gasteiger partial charge in [0.15, 0.2) is 5.82 Å². The lowest BCUT2D eigenvalue weighted by atomic mass is 9.82. The van der Waals surface area contributed by atoms with Crippen LogP contribution >= 0.6 is 0 Å². The lowest BCUT2D eigenvalue weighted by Crippen LogP contribution is -2.62. The van der Waals surface area contributed by atoms with Gasteiger partial charge in [0.25, 0.3) is 0 Å². The third-order valence-corrected chi connectivity index (χ3v) is 9.91. The van der Waals surface area contributed by atoms with Gasteiger partial charge in [-0.05, 0) is 63.4 Å². The van der Waals surface area contributed by atoms with E-state index in [9.17, 15) is 27.5 Å². The number of anilines is 1. The molecule has 268 valence electrons. The highest BCUT2D eigenvalue weighted by Crippen LogP contribution is 2.47. The average Bonchev–Trinajstić information content (AvgIpc) is 3.84. The summed E-state index contributed by atoms with van der Waals surface area (Å²) in [6.45, 7) is 1.29. The Labute approximate surface area is 290 Å². The summed E-state index contributed by atoms with van der Waals surface area (Å²) in [5.41, 5.74) is -0.851. The van der Waals surface area contributed by atoms with Crippen molar-refractivity contribution >= 4 is 33.3 Å². The van der Waals surface area contributed by atoms with Gasteiger partial charge in [0.1, 0.15) is 34.0 Å². The predicted molar refractivity (Wildman–Crippen MR) is 179 cm³/mol. The number of phenolic OH excluding ortho intramolecular Hbond substituents is 1. The molecule has 2 aliphatic heterocycles. The third kappa shape index (κ3) is 6.46. The van der Waals surface area contributed by atoms with E-state index in [0.29, 0.717) is 5.39 Å². The predicted octanol–water partition coefficient (Wildman–Crippen LogP) is 5.23. The van der Waals surface area contributed by atoms with E-state index in [1.807, 2.05) is 14.1 Å². The molecular formula is C36H35F5N6O4. The van der Waals surface area contributed by atoms with Gasteiger partial charge in [-0.2, -0.15) is 23.1 Å². The van der Waals surface area contributed by atoms with Crippen molar-refractivity contribution in [3.8, 4) is 41.2 Å². The minimum Gasteiger partial charge on any atom is -0.508 e. The Balaban J connectivity index is 1.37. The second kappa shape index (κ2) is 12.8. The first-order chi connectivity index (χ1) is 24.2. The first-order valence-corrected chi connectivity index (χ1v) is 16.5. The van der Waals surface area contributed by atoms with Crippen LogP contribution in [-0.4, -0.2) is 96.4 Å². The van der Waals surface area contributed by atoms with E-state index in [0.717, 1.165) is 25.5 Å². The molecule has 10 nitrogen and oxygen atoms in total. The molecule has 3 fully saturated rings. The Morgan fingerprint density at radius 2 is 1.82 bits per heavy atom. The molecule has 2 unspecified atom stereocenters. The fourth-order valence-electron chi connectivity index (χ4n) is 7.62. The van der Waals surface area contributed by atoms with Crippen LogP contribution in [0.4, 0.5) is 27.8 Å². The molecule has 2 aromatic carbocycles. The standard InChI is InChI=1S/C36H35F5N6O4/c1-5-23-25(37)7-6-18-12-22(48)13-24(26(18)23)29-28(38)30-27(33(43-29)50-4)32(45-34(44-30)51-17-35(8-9-35)16-46(2)3)47-14-20-10-19(11-21(15-47)42-20)31(49)36(39,40)41/h1,6-7,12-13,19-21,42,48H,8-11,14-17H2,2-4H3. The summed E-state index contributed by atoms with van der Waals surface area (Å²) < 4.78 is 83.9. The zero-order chi connectivity index (χ0) is 36.4. The Bertz CT molecular complexity index is 2080. The molecule has 0 spiro atoms. The number of terminal acetylenes is 1. The zero-order valence-electron chi connectivity index (χ0n) is 28.1. The Morgan fingerprint density at radius 1 is 1.12 bits per heavy atom. The highest BCUT2D eigenvalue weighted by molar-refractivity contribution is 6.04. The molecule has 7 rings (SSSR count). The SMILES string of the molecule is C#Cc1c(F)ccc2cc(O)cc(-c3nc(OC)c4c(N5CC6CC(C(=O)C(F)(F)F)CC(C5)N6)nc(OCC5(CN(C)C)CC5)nc4c3F)c12. The van der Waals surface area contributed by atoms with Crippen molar-refractivity contribution in [3.63, 3.8) is 0 Å². The second-order valence-corrected chi connectivity index (χ2v) is 14.0. The first-order valence-electron chi connectivity index (χ1n) is 16.5. The van der Waals surface area contributed by atoms with Crippen molar-refractivity contribution in [1.82, 2.24) is 25.2 Å². The number of rotatable bonds is 9. The molecule has 2 aromatic heterocycles. The third-order valence-electron chi connectivity index (χ3n) is 9.91. The number of ketones is 1. The van der Waals surface area contributed by atoms with Crippen LogP contribution < -0.4 is 19.7 Å². The average molecular weight is 711 g/mol. The number of carbonyl (C=O) groups excluding carboxylic acids is 1. The summed E-state index contributed by atoms with van der Waals surface area (Å²) in [4.78, 5) is 29.7. The van der Waals surface area contributed by atoms with Gasteiger partial charge in [0.05, 0.1) is 19.3 Å². The normalized spacial score (nSPS) is 21.2. The van der Waals surface area contributed by atoms with Crippen molar-refractivity contribution < 1.29 is 41.3 Å². The lowest BCUT2D eigenvalue weighted by Gasteiger charge is -2.45. The van der Waals surface area contributed by atoms with Crippen LogP contribution in [-0.2, 0) is 4.79 Å². The zero-order valence-corrected chi connectivity index (χ0v) is 28.1. The number of aromatic nitrogens is 3. The largest absolute Gasteiger partial charge is 0.508 e. The summed E-state index contributed by atoms with van der Waals surface area (Å²) in [5, 5.41) is 14.5. The molecule has 0 amide bonds. The number of hydrogen-bond donors (Lipinski definition) is 2. The van der Waals surface area contributed by atoms with Gasteiger partial charge in [-0.15, -0.1) is 6.42 Å². The fraction of sp³-hybridized carbons (Fsp3) is 0.444. The van der Waals surface area contributed by atoms with E-state index in [4.69, 9.17) is 20.9 Å². The number of pyridine rings is 1. The molecule has 1 saturated carbocycles. The number of aromatic hydroxyl groups is 1. The number of ether oxygens (including phenoxy) is 2. The molecule has 1 aliphatic carbocycles. The van der Waals surface area contributed by atoms with Gasteiger partial charge in [-0.25, -0.2) is 13.8 Å². The molecule has 0 radical (unpaired) electrons. The Kier molecular flexibility index (Phi) is 8.66. The smallest absolute Gasteiger partial charge is 0.450 e. The minimum atomic E-state index is -4.93. The number of nitrogens with zero attached hydrogens (tertiary/aromatic N) is 5. The van der Waals surface area contributed by atoms with Crippen LogP contribution in [0.25, 0.3) is 32.9 Å². The van der Waals surface area contributed by atoms with Crippen LogP contribution in [0.2, 0.25) is 0 Å². The van der Waals surface area contributed by atoms with Crippen molar-refractivity contribution in [3.05, 3.63) is 41.5 Å². The van der Waals surface area contributed by atoms with Crippen LogP contribution in [0.1, 0.15) is 31.2 Å². The van der Waals surface area contributed by atoms with Gasteiger partial charge < -0.3 is 29.7 Å². The molecule has 2 atom stereocenters. The number of fused-ring (bicyclic) bond motifs is 4. The highest BCUT2D eigenvalue weighted by Gasteiger charge is 2.48. The molecule has 2 bridgehead atoms. The van der Waals surface area contributed by atoms with E-state index in [2.05, 4.69) is 26.1 Å². The molecule has 2 saturated heterocycles. The number of piperidine rings is 1. The van der Waals surface area contributed by atoms with Gasteiger partial charge in [-0.3, -0.25) is 4.79 Å². The van der Waals surface area contributed by atoms with E-state index < -0.39 is 41.6 Å². The number of carbonyl (C=O) groups is 1. The molecule has 15 heteroatoms. The number of phenols is 1. The maximum atomic E-state index is 17.1. The highest BCUT2D eigenvalue weighted by atomic mass is 19.4. The van der Waals surface area contributed by atoms with Gasteiger partial charge in [0.2, 0.25) is 11.7 Å². The molecular weight excluding hydrogens is 675 g/mol. The van der Waals surface area contributed by atoms with Crippen molar-refractivity contribution in [2.24, 2.45) is 11.3 Å².